The van der Waals surface area contributed by atoms with Crippen LogP contribution in [0.3, 0.4) is 0 Å². The largest absolute Gasteiger partial charge is 0.416 e. The zero-order valence-electron chi connectivity index (χ0n) is 16.8. The average Bonchev–Trinajstić information content (AvgIpc) is 2.78. The van der Waals surface area contributed by atoms with Gasteiger partial charge < -0.3 is 10.6 Å². The second kappa shape index (κ2) is 9.36. The molecule has 0 spiro atoms. The number of rotatable bonds is 6. The van der Waals surface area contributed by atoms with E-state index in [1.54, 1.807) is 0 Å². The maximum absolute atomic E-state index is 12.9. The van der Waals surface area contributed by atoms with Crippen LogP contribution in [0.5, 0.6) is 0 Å². The van der Waals surface area contributed by atoms with Crippen molar-refractivity contribution in [3.63, 3.8) is 0 Å². The summed E-state index contributed by atoms with van der Waals surface area (Å²) in [5, 5.41) is 26.7. The van der Waals surface area contributed by atoms with Crippen molar-refractivity contribution in [2.24, 2.45) is 0 Å². The van der Waals surface area contributed by atoms with Crippen molar-refractivity contribution in [2.45, 2.75) is 6.18 Å². The molecule has 0 saturated heterocycles. The fourth-order valence-electron chi connectivity index (χ4n) is 2.86. The second-order valence-electron chi connectivity index (χ2n) is 6.82. The van der Waals surface area contributed by atoms with Crippen molar-refractivity contribution in [3.05, 3.63) is 104 Å². The van der Waals surface area contributed by atoms with E-state index < -0.39 is 44.8 Å². The number of benzene rings is 3. The number of hydrogen-bond donors (Lipinski definition) is 2. The number of amides is 2. The third-order valence-corrected chi connectivity index (χ3v) is 4.42. The van der Waals surface area contributed by atoms with Gasteiger partial charge in [-0.25, -0.2) is 0 Å². The van der Waals surface area contributed by atoms with Gasteiger partial charge in [-0.2, -0.15) is 13.2 Å². The van der Waals surface area contributed by atoms with Crippen LogP contribution in [0.2, 0.25) is 0 Å². The average molecular weight is 474 g/mol. The van der Waals surface area contributed by atoms with Gasteiger partial charge in [0.1, 0.15) is 0 Å². The highest BCUT2D eigenvalue weighted by atomic mass is 19.4. The quantitative estimate of drug-likeness (QED) is 0.379. The summed E-state index contributed by atoms with van der Waals surface area (Å²) in [6, 6.07) is 11.7. The lowest BCUT2D eigenvalue weighted by Gasteiger charge is -2.11. The maximum Gasteiger partial charge on any atom is 0.416 e. The van der Waals surface area contributed by atoms with Crippen molar-refractivity contribution in [1.29, 1.82) is 0 Å². The van der Waals surface area contributed by atoms with Gasteiger partial charge in [0.15, 0.2) is 0 Å². The number of anilines is 2. The predicted octanol–water partition coefficient (Wildman–Crippen LogP) is 5.03. The highest BCUT2D eigenvalue weighted by molar-refractivity contribution is 6.07. The first-order valence-corrected chi connectivity index (χ1v) is 9.28. The zero-order valence-corrected chi connectivity index (χ0v) is 16.8. The SMILES string of the molecule is O=C(Nc1cccc(C(F)(F)F)c1)c1cccc(NC(=O)c2cc([N+](=O)[O-])cc([N+](=O)[O-])c2)c1. The Kier molecular flexibility index (Phi) is 6.56. The Morgan fingerprint density at radius 2 is 1.21 bits per heavy atom. The minimum absolute atomic E-state index is 0.0137. The van der Waals surface area contributed by atoms with E-state index in [1.165, 1.54) is 30.3 Å². The molecule has 3 rings (SSSR count). The van der Waals surface area contributed by atoms with E-state index in [0.29, 0.717) is 6.07 Å². The summed E-state index contributed by atoms with van der Waals surface area (Å²) >= 11 is 0. The molecule has 3 aromatic rings. The van der Waals surface area contributed by atoms with E-state index >= 15 is 0 Å². The summed E-state index contributed by atoms with van der Waals surface area (Å²) in [6.07, 6.45) is -4.59. The third-order valence-electron chi connectivity index (χ3n) is 4.42. The molecule has 0 aliphatic carbocycles. The lowest BCUT2D eigenvalue weighted by Crippen LogP contribution is -2.15. The molecule has 0 atom stereocenters. The number of nitrogens with one attached hydrogen (secondary N) is 2. The van der Waals surface area contributed by atoms with E-state index in [9.17, 15) is 43.0 Å². The van der Waals surface area contributed by atoms with Gasteiger partial charge in [0.05, 0.1) is 27.0 Å². The minimum Gasteiger partial charge on any atom is -0.322 e. The summed E-state index contributed by atoms with van der Waals surface area (Å²) in [5.41, 5.74) is -2.67. The Balaban J connectivity index is 1.80. The van der Waals surface area contributed by atoms with Crippen molar-refractivity contribution in [3.8, 4) is 0 Å². The fourth-order valence-corrected chi connectivity index (χ4v) is 2.86. The molecule has 0 saturated carbocycles. The van der Waals surface area contributed by atoms with E-state index in [4.69, 9.17) is 0 Å². The van der Waals surface area contributed by atoms with E-state index in [1.807, 2.05) is 0 Å². The van der Waals surface area contributed by atoms with Crippen LogP contribution < -0.4 is 10.6 Å². The number of non-ortho nitro benzene ring substituents is 2. The molecule has 2 N–H and O–H groups in total. The number of carbonyl (C=O) groups is 2. The molecular formula is C21H13F3N4O6. The van der Waals surface area contributed by atoms with Crippen LogP contribution in [0.1, 0.15) is 26.3 Å². The molecule has 34 heavy (non-hydrogen) atoms. The molecule has 10 nitrogen and oxygen atoms in total. The summed E-state index contributed by atoms with van der Waals surface area (Å²) in [4.78, 5) is 45.2. The lowest BCUT2D eigenvalue weighted by molar-refractivity contribution is -0.394. The summed E-state index contributed by atoms with van der Waals surface area (Å²) in [7, 11) is 0. The van der Waals surface area contributed by atoms with Gasteiger partial charge in [-0.05, 0) is 36.4 Å². The molecule has 0 radical (unpaired) electrons. The molecule has 0 fully saturated rings. The smallest absolute Gasteiger partial charge is 0.322 e. The Bertz CT molecular complexity index is 1280. The van der Waals surface area contributed by atoms with Crippen molar-refractivity contribution >= 4 is 34.6 Å². The molecule has 0 aromatic heterocycles. The monoisotopic (exact) mass is 474 g/mol. The summed E-state index contributed by atoms with van der Waals surface area (Å²) < 4.78 is 38.6. The Morgan fingerprint density at radius 1 is 0.706 bits per heavy atom. The van der Waals surface area contributed by atoms with Crippen LogP contribution in [-0.2, 0) is 6.18 Å². The van der Waals surface area contributed by atoms with Crippen LogP contribution in [0, 0.1) is 20.2 Å². The molecule has 174 valence electrons. The fraction of sp³-hybridized carbons (Fsp3) is 0.0476. The number of hydrogen-bond acceptors (Lipinski definition) is 6. The van der Waals surface area contributed by atoms with Crippen LogP contribution in [-0.4, -0.2) is 21.7 Å². The third kappa shape index (κ3) is 5.70. The van der Waals surface area contributed by atoms with Gasteiger partial charge in [-0.3, -0.25) is 29.8 Å². The Hall–Kier alpha value is -4.81. The first kappa shape index (κ1) is 23.8. The highest BCUT2D eigenvalue weighted by Crippen LogP contribution is 2.31. The molecule has 0 aliphatic heterocycles. The van der Waals surface area contributed by atoms with Crippen molar-refractivity contribution in [2.75, 3.05) is 10.6 Å². The molecule has 2 amide bonds. The molecule has 0 aliphatic rings. The molecule has 0 bridgehead atoms. The summed E-state index contributed by atoms with van der Waals surface area (Å²) in [6.45, 7) is 0. The van der Waals surface area contributed by atoms with Crippen molar-refractivity contribution < 1.29 is 32.6 Å². The van der Waals surface area contributed by atoms with Crippen LogP contribution in [0.15, 0.2) is 66.7 Å². The molecule has 3 aromatic carbocycles. The van der Waals surface area contributed by atoms with Crippen LogP contribution >= 0.6 is 0 Å². The highest BCUT2D eigenvalue weighted by Gasteiger charge is 2.30. The first-order valence-electron chi connectivity index (χ1n) is 9.28. The van der Waals surface area contributed by atoms with Crippen LogP contribution in [0.4, 0.5) is 35.9 Å². The zero-order chi connectivity index (χ0) is 25.0. The number of carbonyl (C=O) groups excluding carboxylic acids is 2. The maximum atomic E-state index is 12.9. The van der Waals surface area contributed by atoms with Gasteiger partial charge in [-0.1, -0.05) is 12.1 Å². The number of nitrogens with zero attached hydrogens (tertiary/aromatic N) is 2. The number of alkyl halides is 3. The van der Waals surface area contributed by atoms with Gasteiger partial charge >= 0.3 is 6.18 Å². The van der Waals surface area contributed by atoms with E-state index in [0.717, 1.165) is 30.3 Å². The number of halogens is 3. The molecule has 13 heteroatoms. The standard InChI is InChI=1S/C21H13F3N4O6/c22-21(23,24)14-4-2-6-16(10-14)26-19(29)12-3-1-5-15(7-12)25-20(30)13-8-17(27(31)32)11-18(9-13)28(33)34/h1-11H,(H,25,30)(H,26,29). The van der Waals surface area contributed by atoms with Crippen LogP contribution in [0.25, 0.3) is 0 Å². The van der Waals surface area contributed by atoms with Crippen molar-refractivity contribution in [1.82, 2.24) is 0 Å². The van der Waals surface area contributed by atoms with Gasteiger partial charge in [-0.15, -0.1) is 0 Å². The Labute approximate surface area is 188 Å². The van der Waals surface area contributed by atoms with E-state index in [2.05, 4.69) is 10.6 Å². The lowest BCUT2D eigenvalue weighted by atomic mass is 10.1. The van der Waals surface area contributed by atoms with Gasteiger partial charge in [0, 0.05) is 29.1 Å². The minimum atomic E-state index is -4.59. The number of nitro benzene ring substituents is 2. The molecular weight excluding hydrogens is 461 g/mol. The van der Waals surface area contributed by atoms with E-state index in [-0.39, 0.29) is 22.5 Å². The first-order chi connectivity index (χ1) is 15.9. The molecule has 0 heterocycles. The molecule has 0 unspecified atom stereocenters. The number of nitro groups is 2. The normalized spacial score (nSPS) is 10.9. The van der Waals surface area contributed by atoms with Gasteiger partial charge in [0.2, 0.25) is 0 Å². The second-order valence-corrected chi connectivity index (χ2v) is 6.82. The topological polar surface area (TPSA) is 144 Å². The summed E-state index contributed by atoms with van der Waals surface area (Å²) in [5.74, 6) is -1.68. The predicted molar refractivity (Wildman–Crippen MR) is 114 cm³/mol. The Morgan fingerprint density at radius 3 is 1.74 bits per heavy atom. The van der Waals surface area contributed by atoms with Gasteiger partial charge in [0.25, 0.3) is 23.2 Å².